The molecule has 0 aliphatic rings. The van der Waals surface area contributed by atoms with Gasteiger partial charge in [-0.2, -0.15) is 0 Å². The normalized spacial score (nSPS) is 13.1. The molecular weight excluding hydrogens is 194 g/mol. The van der Waals surface area contributed by atoms with Gasteiger partial charge in [0.1, 0.15) is 0 Å². The zero-order valence-corrected chi connectivity index (χ0v) is 10.6. The molecule has 0 amide bonds. The molecule has 0 saturated carbocycles. The summed E-state index contributed by atoms with van der Waals surface area (Å²) in [6.45, 7) is 6.81. The van der Waals surface area contributed by atoms with E-state index in [2.05, 4.69) is 19.2 Å². The van der Waals surface area contributed by atoms with Gasteiger partial charge in [-0.05, 0) is 31.8 Å². The van der Waals surface area contributed by atoms with Crippen LogP contribution in [0.1, 0.15) is 52.4 Å². The van der Waals surface area contributed by atoms with Crippen LogP contribution in [0.3, 0.4) is 0 Å². The Balaban J connectivity index is 2.98. The standard InChI is InChI=1S/C12H26ClN/c1-3-4-5-6-7-10-14-11-12(2)8-9-13/h12,14H,3-11H2,1-2H3. The van der Waals surface area contributed by atoms with E-state index < -0.39 is 0 Å². The summed E-state index contributed by atoms with van der Waals surface area (Å²) in [5.41, 5.74) is 0. The van der Waals surface area contributed by atoms with Crippen LogP contribution < -0.4 is 5.32 Å². The lowest BCUT2D eigenvalue weighted by atomic mass is 10.1. The zero-order valence-electron chi connectivity index (χ0n) is 9.82. The molecule has 1 atom stereocenters. The van der Waals surface area contributed by atoms with Crippen LogP contribution in [0.25, 0.3) is 0 Å². The van der Waals surface area contributed by atoms with Crippen molar-refractivity contribution in [1.29, 1.82) is 0 Å². The first-order valence-electron chi connectivity index (χ1n) is 6.08. The maximum absolute atomic E-state index is 5.67. The first-order valence-corrected chi connectivity index (χ1v) is 6.61. The molecule has 2 heteroatoms. The van der Waals surface area contributed by atoms with Crippen molar-refractivity contribution in [3.63, 3.8) is 0 Å². The molecular formula is C12H26ClN. The maximum Gasteiger partial charge on any atom is 0.0226 e. The third-order valence-corrected chi connectivity index (χ3v) is 2.77. The van der Waals surface area contributed by atoms with Crippen LogP contribution in [0.4, 0.5) is 0 Å². The topological polar surface area (TPSA) is 12.0 Å². The molecule has 0 fully saturated rings. The van der Waals surface area contributed by atoms with Gasteiger partial charge in [0.15, 0.2) is 0 Å². The van der Waals surface area contributed by atoms with Gasteiger partial charge in [0, 0.05) is 5.88 Å². The molecule has 1 unspecified atom stereocenters. The predicted octanol–water partition coefficient (Wildman–Crippen LogP) is 3.81. The number of halogens is 1. The van der Waals surface area contributed by atoms with Crippen molar-refractivity contribution < 1.29 is 0 Å². The maximum atomic E-state index is 5.67. The molecule has 0 rings (SSSR count). The summed E-state index contributed by atoms with van der Waals surface area (Å²) in [5.74, 6) is 1.52. The van der Waals surface area contributed by atoms with Gasteiger partial charge in [0.25, 0.3) is 0 Å². The minimum Gasteiger partial charge on any atom is -0.316 e. The molecule has 0 spiro atoms. The van der Waals surface area contributed by atoms with Gasteiger partial charge in [-0.15, -0.1) is 11.6 Å². The number of hydrogen-bond acceptors (Lipinski definition) is 1. The highest BCUT2D eigenvalue weighted by atomic mass is 35.5. The van der Waals surface area contributed by atoms with Crippen LogP contribution >= 0.6 is 11.6 Å². The van der Waals surface area contributed by atoms with Gasteiger partial charge in [0.2, 0.25) is 0 Å². The zero-order chi connectivity index (χ0) is 10.6. The molecule has 0 aromatic carbocycles. The Morgan fingerprint density at radius 2 is 1.86 bits per heavy atom. The van der Waals surface area contributed by atoms with Crippen LogP contribution in [0.2, 0.25) is 0 Å². The van der Waals surface area contributed by atoms with E-state index in [4.69, 9.17) is 11.6 Å². The molecule has 0 radical (unpaired) electrons. The molecule has 1 nitrogen and oxygen atoms in total. The van der Waals surface area contributed by atoms with Crippen LogP contribution in [0.15, 0.2) is 0 Å². The van der Waals surface area contributed by atoms with Crippen LogP contribution in [-0.2, 0) is 0 Å². The first kappa shape index (κ1) is 14.2. The molecule has 0 saturated heterocycles. The molecule has 86 valence electrons. The van der Waals surface area contributed by atoms with Gasteiger partial charge in [0.05, 0.1) is 0 Å². The Morgan fingerprint density at radius 3 is 2.50 bits per heavy atom. The van der Waals surface area contributed by atoms with E-state index in [1.807, 2.05) is 0 Å². The third-order valence-electron chi connectivity index (χ3n) is 2.55. The molecule has 0 aliphatic carbocycles. The van der Waals surface area contributed by atoms with Gasteiger partial charge < -0.3 is 5.32 Å². The summed E-state index contributed by atoms with van der Waals surface area (Å²) in [4.78, 5) is 0. The second-order valence-corrected chi connectivity index (χ2v) is 4.58. The minimum atomic E-state index is 0.725. The van der Waals surface area contributed by atoms with E-state index >= 15 is 0 Å². The van der Waals surface area contributed by atoms with Crippen LogP contribution in [0.5, 0.6) is 0 Å². The van der Waals surface area contributed by atoms with Crippen LogP contribution in [0, 0.1) is 5.92 Å². The predicted molar refractivity (Wildman–Crippen MR) is 66.1 cm³/mol. The summed E-state index contributed by atoms with van der Waals surface area (Å²) in [5, 5.41) is 3.49. The lowest BCUT2D eigenvalue weighted by Crippen LogP contribution is -2.22. The number of alkyl halides is 1. The van der Waals surface area contributed by atoms with E-state index in [9.17, 15) is 0 Å². The average molecular weight is 220 g/mol. The molecule has 0 aromatic heterocycles. The number of unbranched alkanes of at least 4 members (excludes halogenated alkanes) is 4. The Bertz CT molecular complexity index is 106. The highest BCUT2D eigenvalue weighted by molar-refractivity contribution is 6.17. The van der Waals surface area contributed by atoms with Crippen molar-refractivity contribution in [2.75, 3.05) is 19.0 Å². The van der Waals surface area contributed by atoms with E-state index in [1.165, 1.54) is 38.6 Å². The summed E-state index contributed by atoms with van der Waals surface area (Å²) < 4.78 is 0. The fourth-order valence-electron chi connectivity index (χ4n) is 1.49. The Kier molecular flexibility index (Phi) is 11.5. The Morgan fingerprint density at radius 1 is 1.14 bits per heavy atom. The van der Waals surface area contributed by atoms with E-state index in [0.29, 0.717) is 0 Å². The van der Waals surface area contributed by atoms with Crippen molar-refractivity contribution in [3.05, 3.63) is 0 Å². The molecule has 0 aromatic rings. The van der Waals surface area contributed by atoms with E-state index in [0.717, 1.165) is 24.8 Å². The van der Waals surface area contributed by atoms with Gasteiger partial charge in [-0.1, -0.05) is 39.5 Å². The monoisotopic (exact) mass is 219 g/mol. The van der Waals surface area contributed by atoms with Crippen molar-refractivity contribution in [1.82, 2.24) is 5.32 Å². The fraction of sp³-hybridized carbons (Fsp3) is 1.00. The second kappa shape index (κ2) is 11.3. The van der Waals surface area contributed by atoms with E-state index in [-0.39, 0.29) is 0 Å². The molecule has 0 aliphatic heterocycles. The quantitative estimate of drug-likeness (QED) is 0.435. The molecule has 14 heavy (non-hydrogen) atoms. The van der Waals surface area contributed by atoms with Gasteiger partial charge in [-0.25, -0.2) is 0 Å². The smallest absolute Gasteiger partial charge is 0.0226 e. The Labute approximate surface area is 94.6 Å². The summed E-state index contributed by atoms with van der Waals surface area (Å²) in [6, 6.07) is 0. The van der Waals surface area contributed by atoms with Gasteiger partial charge in [-0.3, -0.25) is 0 Å². The third kappa shape index (κ3) is 10.3. The minimum absolute atomic E-state index is 0.725. The van der Waals surface area contributed by atoms with E-state index in [1.54, 1.807) is 0 Å². The van der Waals surface area contributed by atoms with Crippen molar-refractivity contribution in [2.24, 2.45) is 5.92 Å². The molecule has 0 bridgehead atoms. The SMILES string of the molecule is CCCCCCCNCC(C)CCCl. The lowest BCUT2D eigenvalue weighted by Gasteiger charge is -2.10. The highest BCUT2D eigenvalue weighted by Crippen LogP contribution is 2.03. The summed E-state index contributed by atoms with van der Waals surface area (Å²) >= 11 is 5.67. The molecule has 1 N–H and O–H groups in total. The number of rotatable bonds is 10. The number of hydrogen-bond donors (Lipinski definition) is 1. The fourth-order valence-corrected chi connectivity index (χ4v) is 1.86. The Hall–Kier alpha value is 0.250. The first-order chi connectivity index (χ1) is 6.81. The summed E-state index contributed by atoms with van der Waals surface area (Å²) in [6.07, 6.45) is 7.96. The average Bonchev–Trinajstić information content (AvgIpc) is 2.17. The van der Waals surface area contributed by atoms with Crippen molar-refractivity contribution in [3.8, 4) is 0 Å². The number of nitrogens with one attached hydrogen (secondary N) is 1. The van der Waals surface area contributed by atoms with Crippen molar-refractivity contribution >= 4 is 11.6 Å². The lowest BCUT2D eigenvalue weighted by molar-refractivity contribution is 0.489. The van der Waals surface area contributed by atoms with Crippen molar-refractivity contribution in [2.45, 2.75) is 52.4 Å². The highest BCUT2D eigenvalue weighted by Gasteiger charge is 1.99. The second-order valence-electron chi connectivity index (χ2n) is 4.20. The largest absolute Gasteiger partial charge is 0.316 e. The molecule has 0 heterocycles. The summed E-state index contributed by atoms with van der Waals surface area (Å²) in [7, 11) is 0. The van der Waals surface area contributed by atoms with Gasteiger partial charge >= 0.3 is 0 Å². The van der Waals surface area contributed by atoms with Crippen LogP contribution in [-0.4, -0.2) is 19.0 Å².